The summed E-state index contributed by atoms with van der Waals surface area (Å²) in [6, 6.07) is 12.9. The van der Waals surface area contributed by atoms with Crippen molar-refractivity contribution in [3.63, 3.8) is 0 Å². The van der Waals surface area contributed by atoms with Crippen LogP contribution in [0, 0.1) is 5.92 Å². The fraction of sp³-hybridized carbons (Fsp3) is 0.273. The van der Waals surface area contributed by atoms with E-state index >= 15 is 0 Å². The molecule has 0 aliphatic rings. The van der Waals surface area contributed by atoms with Crippen molar-refractivity contribution in [3.8, 4) is 11.3 Å². The smallest absolute Gasteiger partial charge is 0.326 e. The highest BCUT2D eigenvalue weighted by Gasteiger charge is 2.30. The quantitative estimate of drug-likeness (QED) is 0.428. The number of nitrogens with two attached hydrogens (primary N) is 1. The van der Waals surface area contributed by atoms with E-state index in [1.165, 1.54) is 16.8 Å². The molecule has 2 atom stereocenters. The molecule has 0 radical (unpaired) electrons. The number of carboxylic acids is 1. The predicted molar refractivity (Wildman–Crippen MR) is 120 cm³/mol. The van der Waals surface area contributed by atoms with E-state index in [4.69, 9.17) is 5.14 Å². The third kappa shape index (κ3) is 6.02. The molecule has 0 spiro atoms. The molecule has 11 heteroatoms. The largest absolute Gasteiger partial charge is 0.480 e. The number of aromatic nitrogens is 3. The zero-order valence-corrected chi connectivity index (χ0v) is 18.9. The summed E-state index contributed by atoms with van der Waals surface area (Å²) >= 11 is 0. The second-order valence-corrected chi connectivity index (χ2v) is 9.49. The summed E-state index contributed by atoms with van der Waals surface area (Å²) in [5.41, 5.74) is 1.80. The number of carbonyl (C=O) groups excluding carboxylic acids is 1. The summed E-state index contributed by atoms with van der Waals surface area (Å²) in [5, 5.41) is 25.5. The van der Waals surface area contributed by atoms with E-state index in [-0.39, 0.29) is 17.2 Å². The molecule has 0 aliphatic carbocycles. The van der Waals surface area contributed by atoms with E-state index in [0.29, 0.717) is 11.3 Å². The first-order valence-corrected chi connectivity index (χ1v) is 11.7. The summed E-state index contributed by atoms with van der Waals surface area (Å²) in [6.07, 6.45) is 1.70. The van der Waals surface area contributed by atoms with Crippen molar-refractivity contribution in [1.29, 1.82) is 0 Å². The fourth-order valence-electron chi connectivity index (χ4n) is 3.40. The molecule has 1 amide bonds. The standard InChI is InChI=1S/C22H25N5O5S/c1-14(2)20(21(28)24-18(22(29)30)12-15-6-4-3-5-7-15)27-13-19(25-26-27)16-8-10-17(11-9-16)33(23,31)32/h3-11,13-14,18,20H,12H2,1-2H3,(H,24,28)(H,29,30)(H2,23,31,32)/t18?,20-/m0/s1. The van der Waals surface area contributed by atoms with E-state index in [9.17, 15) is 23.1 Å². The van der Waals surface area contributed by atoms with E-state index in [0.717, 1.165) is 5.56 Å². The molecule has 2 aromatic carbocycles. The Morgan fingerprint density at radius 3 is 2.27 bits per heavy atom. The highest BCUT2D eigenvalue weighted by molar-refractivity contribution is 7.89. The van der Waals surface area contributed by atoms with Crippen molar-refractivity contribution in [1.82, 2.24) is 20.3 Å². The maximum absolute atomic E-state index is 13.0. The SMILES string of the molecule is CC(C)[C@@H](C(=O)NC(Cc1ccccc1)C(=O)O)n1cc(-c2ccc(S(N)(=O)=O)cc2)nn1. The number of primary sulfonamides is 1. The maximum atomic E-state index is 13.0. The summed E-state index contributed by atoms with van der Waals surface area (Å²) in [6.45, 7) is 3.64. The van der Waals surface area contributed by atoms with Crippen molar-refractivity contribution in [2.24, 2.45) is 11.1 Å². The van der Waals surface area contributed by atoms with Gasteiger partial charge in [0.2, 0.25) is 15.9 Å². The van der Waals surface area contributed by atoms with Gasteiger partial charge in [0.15, 0.2) is 0 Å². The van der Waals surface area contributed by atoms with E-state index < -0.39 is 34.0 Å². The highest BCUT2D eigenvalue weighted by atomic mass is 32.2. The van der Waals surface area contributed by atoms with Gasteiger partial charge in [-0.2, -0.15) is 0 Å². The van der Waals surface area contributed by atoms with Crippen LogP contribution in [0.1, 0.15) is 25.5 Å². The molecule has 3 aromatic rings. The first-order chi connectivity index (χ1) is 15.6. The molecule has 4 N–H and O–H groups in total. The summed E-state index contributed by atoms with van der Waals surface area (Å²) in [7, 11) is -3.82. The average molecular weight is 472 g/mol. The Hall–Kier alpha value is -3.57. The molecule has 0 aliphatic heterocycles. The summed E-state index contributed by atoms with van der Waals surface area (Å²) in [5.74, 6) is -1.84. The molecule has 0 fully saturated rings. The lowest BCUT2D eigenvalue weighted by Gasteiger charge is -2.23. The van der Waals surface area contributed by atoms with Crippen LogP contribution in [0.2, 0.25) is 0 Å². The number of rotatable bonds is 9. The molecular formula is C22H25N5O5S. The van der Waals surface area contributed by atoms with E-state index in [1.807, 2.05) is 19.9 Å². The molecule has 10 nitrogen and oxygen atoms in total. The molecular weight excluding hydrogens is 446 g/mol. The number of hydrogen-bond donors (Lipinski definition) is 3. The Kier molecular flexibility index (Phi) is 7.24. The number of amides is 1. The molecule has 1 unspecified atom stereocenters. The van der Waals surface area contributed by atoms with Crippen LogP contribution < -0.4 is 10.5 Å². The van der Waals surface area contributed by atoms with Gasteiger partial charge in [0.05, 0.1) is 11.1 Å². The van der Waals surface area contributed by atoms with Gasteiger partial charge in [0.25, 0.3) is 0 Å². The zero-order chi connectivity index (χ0) is 24.2. The fourth-order valence-corrected chi connectivity index (χ4v) is 3.91. The Labute approximate surface area is 191 Å². The average Bonchev–Trinajstić information content (AvgIpc) is 3.22. The van der Waals surface area contributed by atoms with Crippen LogP contribution >= 0.6 is 0 Å². The lowest BCUT2D eigenvalue weighted by Crippen LogP contribution is -2.46. The predicted octanol–water partition coefficient (Wildman–Crippen LogP) is 1.60. The Bertz CT molecular complexity index is 1220. The number of aliphatic carboxylic acids is 1. The Morgan fingerprint density at radius 1 is 1.09 bits per heavy atom. The second-order valence-electron chi connectivity index (χ2n) is 7.93. The van der Waals surface area contributed by atoms with Gasteiger partial charge in [-0.25, -0.2) is 23.0 Å². The number of nitrogens with one attached hydrogen (secondary N) is 1. The van der Waals surface area contributed by atoms with Crippen LogP contribution in [0.3, 0.4) is 0 Å². The van der Waals surface area contributed by atoms with Crippen LogP contribution in [-0.4, -0.2) is 46.4 Å². The molecule has 0 bridgehead atoms. The number of carboxylic acid groups (broad SMARTS) is 1. The van der Waals surface area contributed by atoms with Gasteiger partial charge in [0, 0.05) is 12.0 Å². The minimum atomic E-state index is -3.82. The lowest BCUT2D eigenvalue weighted by molar-refractivity contribution is -0.142. The normalized spacial score (nSPS) is 13.5. The van der Waals surface area contributed by atoms with Gasteiger partial charge in [-0.15, -0.1) is 5.10 Å². The van der Waals surface area contributed by atoms with Crippen molar-refractivity contribution >= 4 is 21.9 Å². The highest BCUT2D eigenvalue weighted by Crippen LogP contribution is 2.23. The number of sulfonamides is 1. The first-order valence-electron chi connectivity index (χ1n) is 10.2. The summed E-state index contributed by atoms with van der Waals surface area (Å²) < 4.78 is 24.2. The van der Waals surface area contributed by atoms with Crippen LogP contribution in [0.4, 0.5) is 0 Å². The maximum Gasteiger partial charge on any atom is 0.326 e. The van der Waals surface area contributed by atoms with Gasteiger partial charge in [-0.05, 0) is 23.6 Å². The van der Waals surface area contributed by atoms with Crippen LogP contribution in [0.15, 0.2) is 65.7 Å². The number of hydrogen-bond acceptors (Lipinski definition) is 6. The van der Waals surface area contributed by atoms with Gasteiger partial charge in [-0.3, -0.25) is 4.79 Å². The van der Waals surface area contributed by atoms with E-state index in [2.05, 4.69) is 15.6 Å². The summed E-state index contributed by atoms with van der Waals surface area (Å²) in [4.78, 5) is 24.8. The minimum Gasteiger partial charge on any atom is -0.480 e. The Morgan fingerprint density at radius 2 is 1.73 bits per heavy atom. The minimum absolute atomic E-state index is 0.0313. The molecule has 1 aromatic heterocycles. The topological polar surface area (TPSA) is 157 Å². The van der Waals surface area contributed by atoms with Crippen molar-refractivity contribution in [2.45, 2.75) is 37.2 Å². The van der Waals surface area contributed by atoms with Gasteiger partial charge in [0.1, 0.15) is 17.8 Å². The van der Waals surface area contributed by atoms with Gasteiger partial charge >= 0.3 is 5.97 Å². The number of carbonyl (C=O) groups is 2. The van der Waals surface area contributed by atoms with Gasteiger partial charge in [-0.1, -0.05) is 61.5 Å². The number of benzene rings is 2. The third-order valence-electron chi connectivity index (χ3n) is 5.07. The van der Waals surface area contributed by atoms with E-state index in [1.54, 1.807) is 42.6 Å². The van der Waals surface area contributed by atoms with Crippen molar-refractivity contribution < 1.29 is 23.1 Å². The Balaban J connectivity index is 1.80. The first kappa shape index (κ1) is 24.1. The zero-order valence-electron chi connectivity index (χ0n) is 18.1. The van der Waals surface area contributed by atoms with Crippen LogP contribution in [0.5, 0.6) is 0 Å². The molecule has 0 saturated carbocycles. The molecule has 1 heterocycles. The monoisotopic (exact) mass is 471 g/mol. The number of nitrogens with zero attached hydrogens (tertiary/aromatic N) is 3. The molecule has 0 saturated heterocycles. The molecule has 33 heavy (non-hydrogen) atoms. The second kappa shape index (κ2) is 9.92. The third-order valence-corrected chi connectivity index (χ3v) is 6.00. The van der Waals surface area contributed by atoms with Crippen molar-refractivity contribution in [3.05, 3.63) is 66.4 Å². The molecule has 3 rings (SSSR count). The van der Waals surface area contributed by atoms with Gasteiger partial charge < -0.3 is 10.4 Å². The lowest BCUT2D eigenvalue weighted by atomic mass is 10.0. The molecule has 174 valence electrons. The van der Waals surface area contributed by atoms with Crippen LogP contribution in [0.25, 0.3) is 11.3 Å². The van der Waals surface area contributed by atoms with Crippen LogP contribution in [-0.2, 0) is 26.0 Å². The van der Waals surface area contributed by atoms with Crippen molar-refractivity contribution in [2.75, 3.05) is 0 Å².